The number of aromatic amines is 1. The average Bonchev–Trinajstić information content (AvgIpc) is 2.42. The van der Waals surface area contributed by atoms with Gasteiger partial charge in [-0.15, -0.1) is 11.8 Å². The molecule has 1 aromatic heterocycles. The van der Waals surface area contributed by atoms with Gasteiger partial charge < -0.3 is 10.7 Å². The lowest BCUT2D eigenvalue weighted by atomic mass is 10.2. The fraction of sp³-hybridized carbons (Fsp3) is 0.286. The molecule has 0 radical (unpaired) electrons. The largest absolute Gasteiger partial charge is 0.383 e. The quantitative estimate of drug-likeness (QED) is 0.823. The zero-order valence-corrected chi connectivity index (χ0v) is 11.7. The lowest BCUT2D eigenvalue weighted by Crippen LogP contribution is -2.19. The number of H-pyrrole nitrogens is 1. The van der Waals surface area contributed by atoms with E-state index >= 15 is 0 Å². The van der Waals surface area contributed by atoms with Crippen molar-refractivity contribution in [2.45, 2.75) is 30.4 Å². The van der Waals surface area contributed by atoms with Crippen LogP contribution in [0.4, 0.5) is 5.82 Å². The van der Waals surface area contributed by atoms with Crippen molar-refractivity contribution in [3.63, 3.8) is 0 Å². The number of nitrogens with two attached hydrogens (primary N) is 1. The Morgan fingerprint density at radius 3 is 2.68 bits per heavy atom. The summed E-state index contributed by atoms with van der Waals surface area (Å²) in [5.41, 5.74) is 6.32. The maximum Gasteiger partial charge on any atom is 0.256 e. The molecule has 1 heterocycles. The molecule has 0 fully saturated rings. The van der Waals surface area contributed by atoms with Crippen LogP contribution in [-0.4, -0.2) is 9.97 Å². The zero-order chi connectivity index (χ0) is 13.7. The van der Waals surface area contributed by atoms with E-state index in [0.717, 1.165) is 11.3 Å². The molecule has 19 heavy (non-hydrogen) atoms. The highest BCUT2D eigenvalue weighted by atomic mass is 32.2. The third-order valence-electron chi connectivity index (χ3n) is 2.72. The second-order valence-corrected chi connectivity index (χ2v) is 5.28. The van der Waals surface area contributed by atoms with Crippen molar-refractivity contribution in [1.82, 2.24) is 9.97 Å². The van der Waals surface area contributed by atoms with Crippen molar-refractivity contribution in [2.24, 2.45) is 0 Å². The third-order valence-corrected chi connectivity index (χ3v) is 3.74. The molecule has 2 rings (SSSR count). The van der Waals surface area contributed by atoms with E-state index in [1.165, 1.54) is 0 Å². The first-order valence-corrected chi connectivity index (χ1v) is 7.24. The smallest absolute Gasteiger partial charge is 0.256 e. The molecule has 3 N–H and O–H groups in total. The van der Waals surface area contributed by atoms with Crippen molar-refractivity contribution in [3.8, 4) is 0 Å². The number of nitrogen functional groups attached to an aromatic ring is 1. The molecule has 1 aromatic carbocycles. The van der Waals surface area contributed by atoms with Gasteiger partial charge in [0.2, 0.25) is 0 Å². The molecule has 0 atom stereocenters. The predicted octanol–water partition coefficient (Wildman–Crippen LogP) is 2.60. The van der Waals surface area contributed by atoms with Gasteiger partial charge in [0.05, 0.1) is 11.3 Å². The molecule has 0 aliphatic rings. The number of aromatic nitrogens is 2. The Morgan fingerprint density at radius 2 is 2.05 bits per heavy atom. The summed E-state index contributed by atoms with van der Waals surface area (Å²) < 4.78 is 0. The average molecular weight is 275 g/mol. The van der Waals surface area contributed by atoms with Gasteiger partial charge >= 0.3 is 0 Å². The Balaban J connectivity index is 2.12. The first-order valence-electron chi connectivity index (χ1n) is 6.26. The Morgan fingerprint density at radius 1 is 1.32 bits per heavy atom. The minimum atomic E-state index is -0.113. The summed E-state index contributed by atoms with van der Waals surface area (Å²) in [6.07, 6.45) is 1.55. The Bertz CT molecular complexity index is 595. The monoisotopic (exact) mass is 275 g/mol. The van der Waals surface area contributed by atoms with Gasteiger partial charge in [-0.05, 0) is 18.6 Å². The van der Waals surface area contributed by atoms with Gasteiger partial charge in [0.25, 0.3) is 5.56 Å². The summed E-state index contributed by atoms with van der Waals surface area (Å²) in [4.78, 5) is 20.1. The van der Waals surface area contributed by atoms with Gasteiger partial charge in [0.1, 0.15) is 11.6 Å². The number of anilines is 1. The molecule has 100 valence electrons. The molecule has 0 bridgehead atoms. The number of rotatable bonds is 5. The minimum Gasteiger partial charge on any atom is -0.383 e. The van der Waals surface area contributed by atoms with Gasteiger partial charge in [0, 0.05) is 4.90 Å². The molecule has 0 amide bonds. The van der Waals surface area contributed by atoms with Gasteiger partial charge in [-0.1, -0.05) is 31.5 Å². The molecular weight excluding hydrogens is 258 g/mol. The maximum absolute atomic E-state index is 11.9. The minimum absolute atomic E-state index is 0.113. The maximum atomic E-state index is 11.9. The van der Waals surface area contributed by atoms with Crippen molar-refractivity contribution >= 4 is 17.6 Å². The summed E-state index contributed by atoms with van der Waals surface area (Å²) >= 11 is 1.62. The number of hydrogen-bond donors (Lipinski definition) is 2. The van der Waals surface area contributed by atoms with Crippen LogP contribution in [0.1, 0.15) is 24.7 Å². The summed E-state index contributed by atoms with van der Waals surface area (Å²) in [5, 5.41) is 0. The van der Waals surface area contributed by atoms with Crippen molar-refractivity contribution in [2.75, 3.05) is 5.73 Å². The van der Waals surface area contributed by atoms with Gasteiger partial charge in [-0.25, -0.2) is 4.98 Å². The van der Waals surface area contributed by atoms with Gasteiger partial charge in [0.15, 0.2) is 0 Å². The van der Waals surface area contributed by atoms with Crippen LogP contribution < -0.4 is 11.3 Å². The summed E-state index contributed by atoms with van der Waals surface area (Å²) in [6.45, 7) is 2.01. The van der Waals surface area contributed by atoms with Crippen LogP contribution in [0.3, 0.4) is 0 Å². The van der Waals surface area contributed by atoms with Crippen LogP contribution in [-0.2, 0) is 12.2 Å². The molecule has 0 aliphatic carbocycles. The van der Waals surface area contributed by atoms with Crippen LogP contribution in [0.25, 0.3) is 0 Å². The van der Waals surface area contributed by atoms with E-state index in [1.807, 2.05) is 37.3 Å². The standard InChI is InChI=1S/C14H17N3OS/c1-2-6-11-13(15)16-12(17-14(11)18)9-19-10-7-4-3-5-8-10/h3-5,7-8H,2,6,9H2,1H3,(H3,15,16,17,18). The van der Waals surface area contributed by atoms with E-state index < -0.39 is 0 Å². The molecule has 0 spiro atoms. The topological polar surface area (TPSA) is 71.8 Å². The summed E-state index contributed by atoms with van der Waals surface area (Å²) in [5.74, 6) is 1.58. The van der Waals surface area contributed by atoms with Crippen molar-refractivity contribution in [1.29, 1.82) is 0 Å². The van der Waals surface area contributed by atoms with Crippen LogP contribution in [0.15, 0.2) is 40.0 Å². The van der Waals surface area contributed by atoms with E-state index in [9.17, 15) is 4.79 Å². The molecule has 0 saturated heterocycles. The zero-order valence-electron chi connectivity index (χ0n) is 10.8. The Kier molecular flexibility index (Phi) is 4.63. The normalized spacial score (nSPS) is 10.6. The molecule has 0 unspecified atom stereocenters. The summed E-state index contributed by atoms with van der Waals surface area (Å²) in [6, 6.07) is 9.99. The highest BCUT2D eigenvalue weighted by Gasteiger charge is 2.08. The van der Waals surface area contributed by atoms with E-state index in [-0.39, 0.29) is 5.56 Å². The fourth-order valence-electron chi connectivity index (χ4n) is 1.79. The van der Waals surface area contributed by atoms with Crippen molar-refractivity contribution in [3.05, 3.63) is 52.1 Å². The lowest BCUT2D eigenvalue weighted by Gasteiger charge is -2.06. The first kappa shape index (κ1) is 13.7. The van der Waals surface area contributed by atoms with Crippen LogP contribution in [0.5, 0.6) is 0 Å². The fourth-order valence-corrected chi connectivity index (χ4v) is 2.58. The highest BCUT2D eigenvalue weighted by Crippen LogP contribution is 2.20. The predicted molar refractivity (Wildman–Crippen MR) is 79.3 cm³/mol. The van der Waals surface area contributed by atoms with E-state index in [0.29, 0.717) is 29.4 Å². The molecule has 4 nitrogen and oxygen atoms in total. The van der Waals surface area contributed by atoms with E-state index in [4.69, 9.17) is 5.73 Å². The Labute approximate surface area is 116 Å². The van der Waals surface area contributed by atoms with Crippen LogP contribution in [0.2, 0.25) is 0 Å². The van der Waals surface area contributed by atoms with E-state index in [1.54, 1.807) is 11.8 Å². The van der Waals surface area contributed by atoms with Crippen LogP contribution in [0, 0.1) is 0 Å². The molecule has 5 heteroatoms. The van der Waals surface area contributed by atoms with Crippen molar-refractivity contribution < 1.29 is 0 Å². The molecule has 2 aromatic rings. The number of thioether (sulfide) groups is 1. The van der Waals surface area contributed by atoms with Gasteiger partial charge in [-0.3, -0.25) is 4.79 Å². The van der Waals surface area contributed by atoms with E-state index in [2.05, 4.69) is 9.97 Å². The second-order valence-electron chi connectivity index (χ2n) is 4.23. The second kappa shape index (κ2) is 6.43. The lowest BCUT2D eigenvalue weighted by molar-refractivity contribution is 0.874. The highest BCUT2D eigenvalue weighted by molar-refractivity contribution is 7.98. The third kappa shape index (κ3) is 3.61. The Hall–Kier alpha value is -1.75. The van der Waals surface area contributed by atoms with Crippen LogP contribution >= 0.6 is 11.8 Å². The number of nitrogens with one attached hydrogen (secondary N) is 1. The summed E-state index contributed by atoms with van der Waals surface area (Å²) in [7, 11) is 0. The number of hydrogen-bond acceptors (Lipinski definition) is 4. The number of benzene rings is 1. The molecule has 0 saturated carbocycles. The van der Waals surface area contributed by atoms with Gasteiger partial charge in [-0.2, -0.15) is 0 Å². The SMILES string of the molecule is CCCc1c(N)nc(CSc2ccccc2)[nH]c1=O. The molecular formula is C14H17N3OS. The number of nitrogens with zero attached hydrogens (tertiary/aromatic N) is 1. The first-order chi connectivity index (χ1) is 9.20. The molecule has 0 aliphatic heterocycles.